The zero-order valence-corrected chi connectivity index (χ0v) is 16.4. The standard InChI is InChI=1S/C22H22N2O4/c1-14(9-10-23)24-20-11-17(27-3)12-21(28-4)19(20)13-18(22(24)25)15-5-7-16(26-2)8-6-15/h5-8,11-14H,9H2,1-4H3. The van der Waals surface area contributed by atoms with Crippen LogP contribution in [-0.4, -0.2) is 25.9 Å². The van der Waals surface area contributed by atoms with E-state index in [0.717, 1.165) is 10.9 Å². The zero-order chi connectivity index (χ0) is 20.3. The monoisotopic (exact) mass is 378 g/mol. The molecule has 3 rings (SSSR count). The van der Waals surface area contributed by atoms with Crippen molar-refractivity contribution in [3.8, 4) is 34.4 Å². The van der Waals surface area contributed by atoms with Gasteiger partial charge in [0.1, 0.15) is 17.2 Å². The van der Waals surface area contributed by atoms with Crippen LogP contribution in [0.3, 0.4) is 0 Å². The molecule has 2 aromatic carbocycles. The van der Waals surface area contributed by atoms with Gasteiger partial charge in [-0.1, -0.05) is 12.1 Å². The molecule has 0 aliphatic carbocycles. The van der Waals surface area contributed by atoms with Crippen molar-refractivity contribution in [3.63, 3.8) is 0 Å². The third kappa shape index (κ3) is 3.39. The number of methoxy groups -OCH3 is 3. The van der Waals surface area contributed by atoms with Crippen LogP contribution in [0.2, 0.25) is 0 Å². The van der Waals surface area contributed by atoms with E-state index in [2.05, 4.69) is 6.07 Å². The number of hydrogen-bond donors (Lipinski definition) is 0. The molecule has 0 aliphatic rings. The van der Waals surface area contributed by atoms with Crippen LogP contribution in [0.4, 0.5) is 0 Å². The van der Waals surface area contributed by atoms with Gasteiger partial charge in [0.15, 0.2) is 0 Å². The number of nitrogens with zero attached hydrogens (tertiary/aromatic N) is 2. The maximum atomic E-state index is 13.4. The van der Waals surface area contributed by atoms with Crippen molar-refractivity contribution in [1.82, 2.24) is 4.57 Å². The Bertz CT molecular complexity index is 1090. The van der Waals surface area contributed by atoms with E-state index in [9.17, 15) is 10.1 Å². The average Bonchev–Trinajstić information content (AvgIpc) is 2.72. The van der Waals surface area contributed by atoms with Crippen LogP contribution < -0.4 is 19.8 Å². The summed E-state index contributed by atoms with van der Waals surface area (Å²) in [4.78, 5) is 13.4. The number of fused-ring (bicyclic) bond motifs is 1. The molecule has 0 bridgehead atoms. The molecule has 0 amide bonds. The highest BCUT2D eigenvalue weighted by Gasteiger charge is 2.19. The van der Waals surface area contributed by atoms with Gasteiger partial charge in [-0.15, -0.1) is 0 Å². The quantitative estimate of drug-likeness (QED) is 0.644. The second kappa shape index (κ2) is 8.05. The first kappa shape index (κ1) is 19.3. The van der Waals surface area contributed by atoms with Crippen LogP contribution in [0.5, 0.6) is 17.2 Å². The SMILES string of the molecule is COc1ccc(-c2cc3c(OC)cc(OC)cc3n(C(C)CC#N)c2=O)cc1. The molecule has 1 unspecified atom stereocenters. The lowest BCUT2D eigenvalue weighted by Crippen LogP contribution is -2.25. The van der Waals surface area contributed by atoms with Crippen LogP contribution in [0.1, 0.15) is 19.4 Å². The molecular formula is C22H22N2O4. The van der Waals surface area contributed by atoms with Gasteiger partial charge in [0, 0.05) is 29.1 Å². The predicted molar refractivity (Wildman–Crippen MR) is 108 cm³/mol. The van der Waals surface area contributed by atoms with Gasteiger partial charge in [-0.2, -0.15) is 5.26 Å². The fourth-order valence-corrected chi connectivity index (χ4v) is 3.30. The number of hydrogen-bond acceptors (Lipinski definition) is 5. The molecule has 0 saturated carbocycles. The Morgan fingerprint density at radius 1 is 1.00 bits per heavy atom. The van der Waals surface area contributed by atoms with Crippen molar-refractivity contribution >= 4 is 10.9 Å². The molecule has 1 heterocycles. The zero-order valence-electron chi connectivity index (χ0n) is 16.4. The maximum absolute atomic E-state index is 13.4. The Hall–Kier alpha value is -3.46. The van der Waals surface area contributed by atoms with E-state index in [-0.39, 0.29) is 18.0 Å². The Labute approximate surface area is 163 Å². The van der Waals surface area contributed by atoms with E-state index in [1.807, 2.05) is 37.3 Å². The summed E-state index contributed by atoms with van der Waals surface area (Å²) < 4.78 is 17.8. The fourth-order valence-electron chi connectivity index (χ4n) is 3.30. The molecule has 0 saturated heterocycles. The first-order valence-electron chi connectivity index (χ1n) is 8.86. The van der Waals surface area contributed by atoms with Crippen LogP contribution >= 0.6 is 0 Å². The highest BCUT2D eigenvalue weighted by molar-refractivity contribution is 5.91. The van der Waals surface area contributed by atoms with Gasteiger partial charge in [0.25, 0.3) is 5.56 Å². The Balaban J connectivity index is 2.38. The minimum atomic E-state index is -0.310. The van der Waals surface area contributed by atoms with Gasteiger partial charge in [0.05, 0.1) is 39.3 Å². The molecule has 6 nitrogen and oxygen atoms in total. The van der Waals surface area contributed by atoms with E-state index in [4.69, 9.17) is 14.2 Å². The highest BCUT2D eigenvalue weighted by Crippen LogP contribution is 2.34. The van der Waals surface area contributed by atoms with Gasteiger partial charge in [-0.25, -0.2) is 0 Å². The third-order valence-corrected chi connectivity index (χ3v) is 4.78. The highest BCUT2D eigenvalue weighted by atomic mass is 16.5. The first-order valence-corrected chi connectivity index (χ1v) is 8.86. The van der Waals surface area contributed by atoms with Gasteiger partial charge >= 0.3 is 0 Å². The van der Waals surface area contributed by atoms with E-state index in [0.29, 0.717) is 28.3 Å². The van der Waals surface area contributed by atoms with Crippen LogP contribution in [0, 0.1) is 11.3 Å². The molecule has 0 fully saturated rings. The van der Waals surface area contributed by atoms with Gasteiger partial charge in [0.2, 0.25) is 0 Å². The Morgan fingerprint density at radius 3 is 2.25 bits per heavy atom. The summed E-state index contributed by atoms with van der Waals surface area (Å²) in [6.45, 7) is 1.85. The van der Waals surface area contributed by atoms with Crippen LogP contribution in [-0.2, 0) is 0 Å². The normalized spacial score (nSPS) is 11.7. The summed E-state index contributed by atoms with van der Waals surface area (Å²) in [7, 11) is 4.74. The molecule has 0 N–H and O–H groups in total. The molecule has 1 aromatic heterocycles. The lowest BCUT2D eigenvalue weighted by atomic mass is 10.0. The molecule has 144 valence electrons. The number of nitriles is 1. The van der Waals surface area contributed by atoms with Gasteiger partial charge in [-0.05, 0) is 30.7 Å². The first-order chi connectivity index (χ1) is 13.5. The number of aromatic nitrogens is 1. The predicted octanol–water partition coefficient (Wildman–Crippen LogP) is 4.17. The molecule has 28 heavy (non-hydrogen) atoms. The Kier molecular flexibility index (Phi) is 5.55. The average molecular weight is 378 g/mol. The minimum absolute atomic E-state index is 0.171. The molecule has 3 aromatic rings. The minimum Gasteiger partial charge on any atom is -0.497 e. The van der Waals surface area contributed by atoms with Gasteiger partial charge < -0.3 is 18.8 Å². The molecule has 0 spiro atoms. The van der Waals surface area contributed by atoms with Crippen molar-refractivity contribution in [1.29, 1.82) is 5.26 Å². The topological polar surface area (TPSA) is 73.5 Å². The lowest BCUT2D eigenvalue weighted by molar-refractivity contribution is 0.397. The van der Waals surface area contributed by atoms with Crippen molar-refractivity contribution in [2.75, 3.05) is 21.3 Å². The van der Waals surface area contributed by atoms with Crippen molar-refractivity contribution in [2.45, 2.75) is 19.4 Å². The summed E-state index contributed by atoms with van der Waals surface area (Å²) >= 11 is 0. The number of pyridine rings is 1. The molecule has 1 atom stereocenters. The largest absolute Gasteiger partial charge is 0.497 e. The van der Waals surface area contributed by atoms with Crippen molar-refractivity contribution in [3.05, 3.63) is 52.8 Å². The summed E-state index contributed by atoms with van der Waals surface area (Å²) in [5.41, 5.74) is 1.80. The fraction of sp³-hybridized carbons (Fsp3) is 0.273. The Morgan fingerprint density at radius 2 is 1.68 bits per heavy atom. The molecule has 0 aliphatic heterocycles. The van der Waals surface area contributed by atoms with E-state index in [1.165, 1.54) is 0 Å². The number of ether oxygens (including phenoxy) is 3. The third-order valence-electron chi connectivity index (χ3n) is 4.78. The van der Waals surface area contributed by atoms with Crippen molar-refractivity contribution in [2.24, 2.45) is 0 Å². The summed E-state index contributed by atoms with van der Waals surface area (Å²) in [5, 5.41) is 9.95. The molecule has 6 heteroatoms. The summed E-state index contributed by atoms with van der Waals surface area (Å²) in [6, 6.07) is 14.6. The van der Waals surface area contributed by atoms with E-state index in [1.54, 1.807) is 38.0 Å². The summed E-state index contributed by atoms with van der Waals surface area (Å²) in [6.07, 6.45) is 0.209. The number of benzene rings is 2. The maximum Gasteiger partial charge on any atom is 0.259 e. The second-order valence-corrected chi connectivity index (χ2v) is 6.44. The van der Waals surface area contributed by atoms with E-state index < -0.39 is 0 Å². The van der Waals surface area contributed by atoms with Crippen molar-refractivity contribution < 1.29 is 14.2 Å². The lowest BCUT2D eigenvalue weighted by Gasteiger charge is -2.20. The van der Waals surface area contributed by atoms with E-state index >= 15 is 0 Å². The molecular weight excluding hydrogens is 356 g/mol. The second-order valence-electron chi connectivity index (χ2n) is 6.44. The number of rotatable bonds is 6. The van der Waals surface area contributed by atoms with Gasteiger partial charge in [-0.3, -0.25) is 4.79 Å². The molecule has 0 radical (unpaired) electrons. The smallest absolute Gasteiger partial charge is 0.259 e. The summed E-state index contributed by atoms with van der Waals surface area (Å²) in [5.74, 6) is 1.89. The van der Waals surface area contributed by atoms with Crippen LogP contribution in [0.15, 0.2) is 47.3 Å². The van der Waals surface area contributed by atoms with Crippen LogP contribution in [0.25, 0.3) is 22.0 Å².